The van der Waals surface area contributed by atoms with E-state index in [9.17, 15) is 0 Å². The minimum absolute atomic E-state index is 0.464. The summed E-state index contributed by atoms with van der Waals surface area (Å²) in [4.78, 5) is 0. The molecule has 0 radical (unpaired) electrons. The number of furan rings is 1. The fraction of sp³-hybridized carbons (Fsp3) is 0.0714. The van der Waals surface area contributed by atoms with E-state index < -0.39 is 0 Å². The number of nitrogens with two attached hydrogens (primary N) is 1. The van der Waals surface area contributed by atoms with Gasteiger partial charge in [0.25, 0.3) is 0 Å². The summed E-state index contributed by atoms with van der Waals surface area (Å²) in [6.07, 6.45) is 0. The van der Waals surface area contributed by atoms with Gasteiger partial charge in [-0.15, -0.1) is 0 Å². The van der Waals surface area contributed by atoms with Crippen molar-refractivity contribution in [1.29, 1.82) is 0 Å². The van der Waals surface area contributed by atoms with E-state index in [0.29, 0.717) is 16.2 Å². The molecule has 0 saturated carbocycles. The lowest BCUT2D eigenvalue weighted by Crippen LogP contribution is -1.88. The number of aromatic amines is 1. The Bertz CT molecular complexity index is 713. The molecule has 19 heavy (non-hydrogen) atoms. The summed E-state index contributed by atoms with van der Waals surface area (Å²) in [5, 5.41) is 7.01. The topological polar surface area (TPSA) is 67.8 Å². The molecule has 2 aromatic heterocycles. The van der Waals surface area contributed by atoms with Gasteiger partial charge in [-0.1, -0.05) is 29.8 Å². The van der Waals surface area contributed by atoms with Crippen LogP contribution in [0.25, 0.3) is 22.6 Å². The van der Waals surface area contributed by atoms with Crippen molar-refractivity contribution in [2.45, 2.75) is 6.92 Å². The van der Waals surface area contributed by atoms with Gasteiger partial charge in [0.15, 0.2) is 16.2 Å². The zero-order valence-electron chi connectivity index (χ0n) is 10.3. The van der Waals surface area contributed by atoms with Crippen LogP contribution < -0.4 is 5.73 Å². The van der Waals surface area contributed by atoms with E-state index in [0.717, 1.165) is 16.8 Å². The summed E-state index contributed by atoms with van der Waals surface area (Å²) in [5.41, 5.74) is 9.82. The normalized spacial score (nSPS) is 10.8. The fourth-order valence-corrected chi connectivity index (χ4v) is 2.30. The van der Waals surface area contributed by atoms with Crippen LogP contribution in [0.2, 0.25) is 0 Å². The third-order valence-electron chi connectivity index (χ3n) is 2.95. The van der Waals surface area contributed by atoms with E-state index in [-0.39, 0.29) is 0 Å². The van der Waals surface area contributed by atoms with Gasteiger partial charge in [-0.05, 0) is 40.5 Å². The second-order valence-electron chi connectivity index (χ2n) is 4.33. The summed E-state index contributed by atoms with van der Waals surface area (Å²) < 4.78 is 6.23. The average molecular weight is 318 g/mol. The number of halogens is 1. The summed E-state index contributed by atoms with van der Waals surface area (Å²) in [6, 6.07) is 11.9. The molecule has 0 spiro atoms. The summed E-state index contributed by atoms with van der Waals surface area (Å²) >= 11 is 3.29. The number of nitrogens with zero attached hydrogens (tertiary/aromatic N) is 1. The van der Waals surface area contributed by atoms with E-state index in [4.69, 9.17) is 10.2 Å². The van der Waals surface area contributed by atoms with Crippen LogP contribution in [0.1, 0.15) is 5.56 Å². The number of H-pyrrole nitrogens is 1. The molecule has 3 aromatic rings. The molecule has 5 heteroatoms. The maximum atomic E-state index is 5.96. The minimum Gasteiger partial charge on any atom is -0.448 e. The SMILES string of the molecule is Cc1ccc(-c2c(N)n[nH]c2-c2ccc(Br)o2)cc1. The molecule has 0 aliphatic heterocycles. The van der Waals surface area contributed by atoms with Crippen molar-refractivity contribution in [3.8, 4) is 22.6 Å². The number of rotatable bonds is 2. The lowest BCUT2D eigenvalue weighted by Gasteiger charge is -2.03. The Labute approximate surface area is 118 Å². The first-order valence-electron chi connectivity index (χ1n) is 5.82. The standard InChI is InChI=1S/C14H12BrN3O/c1-8-2-4-9(5-3-8)12-13(17-18-14(12)16)10-6-7-11(15)19-10/h2-7H,1H3,(H3,16,17,18). The molecule has 0 bridgehead atoms. The Kier molecular flexibility index (Phi) is 2.91. The molecule has 0 saturated heterocycles. The lowest BCUT2D eigenvalue weighted by atomic mass is 10.0. The van der Waals surface area contributed by atoms with Crippen molar-refractivity contribution in [1.82, 2.24) is 10.2 Å². The van der Waals surface area contributed by atoms with Crippen LogP contribution in [0.15, 0.2) is 45.5 Å². The van der Waals surface area contributed by atoms with Gasteiger partial charge in [0, 0.05) is 0 Å². The molecule has 3 N–H and O–H groups in total. The summed E-state index contributed by atoms with van der Waals surface area (Å²) in [7, 11) is 0. The van der Waals surface area contributed by atoms with E-state index in [2.05, 4.69) is 26.1 Å². The van der Waals surface area contributed by atoms with Crippen LogP contribution in [-0.2, 0) is 0 Å². The van der Waals surface area contributed by atoms with Crippen molar-refractivity contribution in [2.24, 2.45) is 0 Å². The Hall–Kier alpha value is -2.01. The smallest absolute Gasteiger partial charge is 0.169 e. The van der Waals surface area contributed by atoms with E-state index >= 15 is 0 Å². The highest BCUT2D eigenvalue weighted by atomic mass is 79.9. The Morgan fingerprint density at radius 2 is 1.89 bits per heavy atom. The minimum atomic E-state index is 0.464. The number of benzene rings is 1. The highest BCUT2D eigenvalue weighted by molar-refractivity contribution is 9.10. The number of nitrogen functional groups attached to an aromatic ring is 1. The van der Waals surface area contributed by atoms with Crippen LogP contribution in [0, 0.1) is 6.92 Å². The molecule has 2 heterocycles. The molecule has 1 aromatic carbocycles. The van der Waals surface area contributed by atoms with Gasteiger partial charge in [-0.2, -0.15) is 5.10 Å². The molecular weight excluding hydrogens is 306 g/mol. The molecule has 0 atom stereocenters. The number of anilines is 1. The summed E-state index contributed by atoms with van der Waals surface area (Å²) in [6.45, 7) is 2.05. The van der Waals surface area contributed by atoms with Gasteiger partial charge in [0.1, 0.15) is 5.69 Å². The molecule has 0 aliphatic carbocycles. The molecule has 0 unspecified atom stereocenters. The van der Waals surface area contributed by atoms with Gasteiger partial charge in [0.2, 0.25) is 0 Å². The third kappa shape index (κ3) is 2.17. The van der Waals surface area contributed by atoms with Crippen LogP contribution in [0.3, 0.4) is 0 Å². The van der Waals surface area contributed by atoms with Crippen LogP contribution in [0.4, 0.5) is 5.82 Å². The van der Waals surface area contributed by atoms with Gasteiger partial charge < -0.3 is 10.2 Å². The quantitative estimate of drug-likeness (QED) is 0.751. The Morgan fingerprint density at radius 1 is 1.16 bits per heavy atom. The van der Waals surface area contributed by atoms with Crippen molar-refractivity contribution in [3.05, 3.63) is 46.6 Å². The maximum absolute atomic E-state index is 5.96. The lowest BCUT2D eigenvalue weighted by molar-refractivity contribution is 0.553. The van der Waals surface area contributed by atoms with Crippen molar-refractivity contribution >= 4 is 21.7 Å². The van der Waals surface area contributed by atoms with E-state index in [1.54, 1.807) is 0 Å². The summed E-state index contributed by atoms with van der Waals surface area (Å²) in [5.74, 6) is 1.16. The zero-order chi connectivity index (χ0) is 13.4. The van der Waals surface area contributed by atoms with Gasteiger partial charge >= 0.3 is 0 Å². The van der Waals surface area contributed by atoms with Crippen LogP contribution in [-0.4, -0.2) is 10.2 Å². The number of aryl methyl sites for hydroxylation is 1. The third-order valence-corrected chi connectivity index (χ3v) is 3.38. The maximum Gasteiger partial charge on any atom is 0.169 e. The molecule has 0 amide bonds. The van der Waals surface area contributed by atoms with Crippen molar-refractivity contribution in [2.75, 3.05) is 5.73 Å². The number of hydrogen-bond donors (Lipinski definition) is 2. The van der Waals surface area contributed by atoms with E-state index in [1.165, 1.54) is 5.56 Å². The molecular formula is C14H12BrN3O. The predicted octanol–water partition coefficient (Wildman–Crippen LogP) is 3.99. The Balaban J connectivity index is 2.16. The van der Waals surface area contributed by atoms with E-state index in [1.807, 2.05) is 43.3 Å². The fourth-order valence-electron chi connectivity index (χ4n) is 2.00. The first-order valence-corrected chi connectivity index (χ1v) is 6.61. The molecule has 3 rings (SSSR count). The van der Waals surface area contributed by atoms with Crippen molar-refractivity contribution in [3.63, 3.8) is 0 Å². The number of hydrogen-bond acceptors (Lipinski definition) is 3. The second-order valence-corrected chi connectivity index (χ2v) is 5.11. The zero-order valence-corrected chi connectivity index (χ0v) is 11.9. The number of aromatic nitrogens is 2. The van der Waals surface area contributed by atoms with Gasteiger partial charge in [-0.3, -0.25) is 5.10 Å². The van der Waals surface area contributed by atoms with Crippen molar-refractivity contribution < 1.29 is 4.42 Å². The average Bonchev–Trinajstić information content (AvgIpc) is 2.97. The molecule has 0 fully saturated rings. The number of nitrogens with one attached hydrogen (secondary N) is 1. The van der Waals surface area contributed by atoms with Crippen LogP contribution >= 0.6 is 15.9 Å². The Morgan fingerprint density at radius 3 is 2.53 bits per heavy atom. The molecule has 4 nitrogen and oxygen atoms in total. The predicted molar refractivity (Wildman–Crippen MR) is 78.6 cm³/mol. The van der Waals surface area contributed by atoms with Gasteiger partial charge in [0.05, 0.1) is 5.56 Å². The monoisotopic (exact) mass is 317 g/mol. The van der Waals surface area contributed by atoms with Gasteiger partial charge in [-0.25, -0.2) is 0 Å². The largest absolute Gasteiger partial charge is 0.448 e. The highest BCUT2D eigenvalue weighted by Gasteiger charge is 2.17. The molecule has 0 aliphatic rings. The highest BCUT2D eigenvalue weighted by Crippen LogP contribution is 2.36. The molecule has 96 valence electrons. The van der Waals surface area contributed by atoms with Crippen LogP contribution in [0.5, 0.6) is 0 Å². The first-order chi connectivity index (χ1) is 9.15. The first kappa shape index (κ1) is 12.0. The second kappa shape index (κ2) is 4.59.